The highest BCUT2D eigenvalue weighted by Crippen LogP contribution is 2.17. The molecule has 1 rings (SSSR count). The summed E-state index contributed by atoms with van der Waals surface area (Å²) in [6.07, 6.45) is 4.18. The largest absolute Gasteiger partial charge is 0.372 e. The van der Waals surface area contributed by atoms with Crippen molar-refractivity contribution in [3.63, 3.8) is 0 Å². The van der Waals surface area contributed by atoms with Gasteiger partial charge in [0.2, 0.25) is 0 Å². The van der Waals surface area contributed by atoms with Crippen LogP contribution in [0.2, 0.25) is 0 Å². The van der Waals surface area contributed by atoms with Crippen LogP contribution >= 0.6 is 0 Å². The zero-order chi connectivity index (χ0) is 11.8. The second-order valence-corrected chi connectivity index (χ2v) is 3.91. The third kappa shape index (κ3) is 3.72. The molecule has 1 N–H and O–H groups in total. The number of nitrogens with zero attached hydrogens (tertiary/aromatic N) is 2. The Morgan fingerprint density at radius 2 is 2.06 bits per heavy atom. The van der Waals surface area contributed by atoms with Gasteiger partial charge in [-0.3, -0.25) is 0 Å². The maximum absolute atomic E-state index is 4.32. The molecule has 1 heterocycles. The number of hydrogen-bond donors (Lipinski definition) is 1. The van der Waals surface area contributed by atoms with Crippen LogP contribution in [0.4, 0.5) is 11.5 Å². The Morgan fingerprint density at radius 1 is 1.25 bits per heavy atom. The van der Waals surface area contributed by atoms with E-state index in [1.54, 1.807) is 0 Å². The molecule has 0 amide bonds. The molecule has 0 unspecified atom stereocenters. The van der Waals surface area contributed by atoms with E-state index in [-0.39, 0.29) is 0 Å². The lowest BCUT2D eigenvalue weighted by atomic mass is 10.3. The van der Waals surface area contributed by atoms with Gasteiger partial charge in [-0.05, 0) is 25.8 Å². The number of hydrogen-bond acceptors (Lipinski definition) is 3. The summed E-state index contributed by atoms with van der Waals surface area (Å²) in [5, 5.41) is 3.32. The van der Waals surface area contributed by atoms with Gasteiger partial charge >= 0.3 is 0 Å². The lowest BCUT2D eigenvalue weighted by molar-refractivity contribution is 0.791. The van der Waals surface area contributed by atoms with Gasteiger partial charge in [-0.2, -0.15) is 0 Å². The quantitative estimate of drug-likeness (QED) is 0.766. The van der Waals surface area contributed by atoms with Crippen LogP contribution in [0.1, 0.15) is 33.6 Å². The van der Waals surface area contributed by atoms with Gasteiger partial charge in [0.1, 0.15) is 5.82 Å². The molecular formula is C13H23N3. The van der Waals surface area contributed by atoms with Crippen LogP contribution in [0.5, 0.6) is 0 Å². The van der Waals surface area contributed by atoms with E-state index in [0.29, 0.717) is 0 Å². The number of anilines is 2. The van der Waals surface area contributed by atoms with Crippen LogP contribution in [-0.4, -0.2) is 24.6 Å². The maximum Gasteiger partial charge on any atom is 0.127 e. The van der Waals surface area contributed by atoms with Crippen molar-refractivity contribution in [1.29, 1.82) is 0 Å². The first-order valence-electron chi connectivity index (χ1n) is 6.26. The van der Waals surface area contributed by atoms with Gasteiger partial charge in [0.05, 0.1) is 0 Å². The lowest BCUT2D eigenvalue weighted by Crippen LogP contribution is -2.23. The summed E-state index contributed by atoms with van der Waals surface area (Å²) in [5.41, 5.74) is 1.26. The minimum absolute atomic E-state index is 0.980. The Labute approximate surface area is 98.9 Å². The number of pyridine rings is 1. The van der Waals surface area contributed by atoms with Crippen molar-refractivity contribution in [1.82, 2.24) is 4.98 Å². The molecule has 90 valence electrons. The number of rotatable bonds is 7. The fourth-order valence-electron chi connectivity index (χ4n) is 1.71. The molecule has 0 aliphatic carbocycles. The first-order chi connectivity index (χ1) is 7.81. The fourth-order valence-corrected chi connectivity index (χ4v) is 1.71. The third-order valence-electron chi connectivity index (χ3n) is 2.54. The van der Waals surface area contributed by atoms with Crippen molar-refractivity contribution in [2.45, 2.75) is 33.6 Å². The highest BCUT2D eigenvalue weighted by atomic mass is 15.1. The second kappa shape index (κ2) is 7.09. The molecule has 1 aromatic heterocycles. The predicted molar refractivity (Wildman–Crippen MR) is 71.2 cm³/mol. The Hall–Kier alpha value is -1.25. The summed E-state index contributed by atoms with van der Waals surface area (Å²) < 4.78 is 0. The van der Waals surface area contributed by atoms with Gasteiger partial charge in [0.25, 0.3) is 0 Å². The van der Waals surface area contributed by atoms with Gasteiger partial charge in [0.15, 0.2) is 0 Å². The van der Waals surface area contributed by atoms with E-state index in [1.807, 2.05) is 6.20 Å². The molecular weight excluding hydrogens is 198 g/mol. The second-order valence-electron chi connectivity index (χ2n) is 3.91. The molecule has 3 nitrogen and oxygen atoms in total. The SMILES string of the molecule is CCCNc1cc(N(CC)CCC)ccn1. The molecule has 0 saturated heterocycles. The van der Waals surface area contributed by atoms with Gasteiger partial charge in [-0.1, -0.05) is 13.8 Å². The zero-order valence-corrected chi connectivity index (χ0v) is 10.7. The van der Waals surface area contributed by atoms with Crippen LogP contribution < -0.4 is 10.2 Å². The molecule has 1 aromatic rings. The zero-order valence-electron chi connectivity index (χ0n) is 10.7. The Morgan fingerprint density at radius 3 is 2.69 bits per heavy atom. The molecule has 0 aliphatic heterocycles. The summed E-state index contributed by atoms with van der Waals surface area (Å²) in [4.78, 5) is 6.69. The Bertz CT molecular complexity index is 299. The van der Waals surface area contributed by atoms with Crippen LogP contribution in [0.3, 0.4) is 0 Å². The van der Waals surface area contributed by atoms with Gasteiger partial charge in [-0.15, -0.1) is 0 Å². The average Bonchev–Trinajstić information content (AvgIpc) is 2.33. The predicted octanol–water partition coefficient (Wildman–Crippen LogP) is 3.14. The smallest absolute Gasteiger partial charge is 0.127 e. The van der Waals surface area contributed by atoms with Crippen LogP contribution in [0.25, 0.3) is 0 Å². The highest BCUT2D eigenvalue weighted by molar-refractivity contribution is 5.53. The van der Waals surface area contributed by atoms with Crippen LogP contribution in [0, 0.1) is 0 Å². The lowest BCUT2D eigenvalue weighted by Gasteiger charge is -2.22. The van der Waals surface area contributed by atoms with Gasteiger partial charge in [0, 0.05) is 37.6 Å². The number of aromatic nitrogens is 1. The first-order valence-corrected chi connectivity index (χ1v) is 6.26. The number of nitrogens with one attached hydrogen (secondary N) is 1. The molecule has 0 bridgehead atoms. The average molecular weight is 221 g/mol. The van der Waals surface area contributed by atoms with E-state index in [1.165, 1.54) is 12.1 Å². The van der Waals surface area contributed by atoms with E-state index in [0.717, 1.165) is 31.9 Å². The van der Waals surface area contributed by atoms with Crippen molar-refractivity contribution in [2.24, 2.45) is 0 Å². The van der Waals surface area contributed by atoms with Gasteiger partial charge < -0.3 is 10.2 Å². The molecule has 0 spiro atoms. The van der Waals surface area contributed by atoms with Crippen LogP contribution in [0.15, 0.2) is 18.3 Å². The van der Waals surface area contributed by atoms with Crippen molar-refractivity contribution in [3.8, 4) is 0 Å². The van der Waals surface area contributed by atoms with Gasteiger partial charge in [-0.25, -0.2) is 4.98 Å². The Balaban J connectivity index is 2.71. The Kier molecular flexibility index (Phi) is 5.68. The normalized spacial score (nSPS) is 10.2. The summed E-state index contributed by atoms with van der Waals surface area (Å²) >= 11 is 0. The summed E-state index contributed by atoms with van der Waals surface area (Å²) in [7, 11) is 0. The molecule has 0 fully saturated rings. The molecule has 0 atom stereocenters. The first kappa shape index (κ1) is 12.8. The standard InChI is InChI=1S/C13H23N3/c1-4-8-14-13-11-12(7-9-15-13)16(6-3)10-5-2/h7,9,11H,4-6,8,10H2,1-3H3,(H,14,15). The summed E-state index contributed by atoms with van der Waals surface area (Å²) in [5.74, 6) is 0.980. The van der Waals surface area contributed by atoms with Crippen molar-refractivity contribution < 1.29 is 0 Å². The highest BCUT2D eigenvalue weighted by Gasteiger charge is 2.03. The monoisotopic (exact) mass is 221 g/mol. The minimum atomic E-state index is 0.980. The molecule has 0 radical (unpaired) electrons. The molecule has 3 heteroatoms. The summed E-state index contributed by atoms with van der Waals surface area (Å²) in [6.45, 7) is 9.69. The van der Waals surface area contributed by atoms with Crippen LogP contribution in [-0.2, 0) is 0 Å². The molecule has 16 heavy (non-hydrogen) atoms. The van der Waals surface area contributed by atoms with E-state index < -0.39 is 0 Å². The molecule has 0 aromatic carbocycles. The minimum Gasteiger partial charge on any atom is -0.372 e. The summed E-state index contributed by atoms with van der Waals surface area (Å²) in [6, 6.07) is 4.21. The van der Waals surface area contributed by atoms with E-state index in [4.69, 9.17) is 0 Å². The molecule has 0 saturated carbocycles. The van der Waals surface area contributed by atoms with E-state index in [2.05, 4.69) is 48.1 Å². The third-order valence-corrected chi connectivity index (χ3v) is 2.54. The maximum atomic E-state index is 4.32. The van der Waals surface area contributed by atoms with Crippen molar-refractivity contribution in [3.05, 3.63) is 18.3 Å². The van der Waals surface area contributed by atoms with E-state index in [9.17, 15) is 0 Å². The van der Waals surface area contributed by atoms with E-state index >= 15 is 0 Å². The van der Waals surface area contributed by atoms with Crippen molar-refractivity contribution in [2.75, 3.05) is 29.9 Å². The topological polar surface area (TPSA) is 28.2 Å². The molecule has 0 aliphatic rings. The fraction of sp³-hybridized carbons (Fsp3) is 0.615. The van der Waals surface area contributed by atoms with Crippen molar-refractivity contribution >= 4 is 11.5 Å².